The van der Waals surface area contributed by atoms with Crippen molar-refractivity contribution in [3.63, 3.8) is 0 Å². The maximum atomic E-state index is 4.48. The standard InChI is InChI=1S/C19H20N4S/c1-13-12-17(23(4)20-13)14-9-7-10-16(21(14)2)19-22(3)15-8-5-6-11-18(15)24-19/h5-12H,1-4H3/q+2. The lowest BCUT2D eigenvalue weighted by molar-refractivity contribution is -0.670. The maximum absolute atomic E-state index is 4.48. The van der Waals surface area contributed by atoms with Gasteiger partial charge in [0.05, 0.1) is 5.69 Å². The van der Waals surface area contributed by atoms with Gasteiger partial charge in [-0.1, -0.05) is 23.5 Å². The molecule has 5 heteroatoms. The quantitative estimate of drug-likeness (QED) is 0.517. The Labute approximate surface area is 145 Å². The molecule has 0 spiro atoms. The summed E-state index contributed by atoms with van der Waals surface area (Å²) < 4.78 is 7.77. The number of aryl methyl sites for hydroxylation is 3. The highest BCUT2D eigenvalue weighted by Crippen LogP contribution is 2.27. The van der Waals surface area contributed by atoms with E-state index in [1.807, 2.05) is 30.0 Å². The molecule has 0 aliphatic heterocycles. The van der Waals surface area contributed by atoms with E-state index in [1.165, 1.54) is 20.9 Å². The van der Waals surface area contributed by atoms with E-state index in [4.69, 9.17) is 0 Å². The van der Waals surface area contributed by atoms with Crippen LogP contribution >= 0.6 is 11.3 Å². The second kappa shape index (κ2) is 5.53. The van der Waals surface area contributed by atoms with Gasteiger partial charge in [-0.25, -0.2) is 0 Å². The molecule has 0 aliphatic rings. The fourth-order valence-corrected chi connectivity index (χ4v) is 4.44. The van der Waals surface area contributed by atoms with Crippen LogP contribution in [-0.2, 0) is 21.1 Å². The van der Waals surface area contributed by atoms with Crippen molar-refractivity contribution >= 4 is 21.6 Å². The summed E-state index contributed by atoms with van der Waals surface area (Å²) in [7, 11) is 6.25. The molecule has 3 heterocycles. The Morgan fingerprint density at radius 2 is 1.71 bits per heavy atom. The Bertz CT molecular complexity index is 1060. The van der Waals surface area contributed by atoms with Crippen molar-refractivity contribution in [2.24, 2.45) is 21.1 Å². The van der Waals surface area contributed by atoms with Crippen molar-refractivity contribution in [1.82, 2.24) is 9.78 Å². The number of rotatable bonds is 2. The SMILES string of the molecule is Cc1cc(-c2cccc(-c3sc4ccccc4[n+]3C)[n+]2C)n(C)n1. The summed E-state index contributed by atoms with van der Waals surface area (Å²) in [6.07, 6.45) is 0. The fourth-order valence-electron chi connectivity index (χ4n) is 3.23. The highest BCUT2D eigenvalue weighted by Gasteiger charge is 2.28. The summed E-state index contributed by atoms with van der Waals surface area (Å²) in [4.78, 5) is 0. The molecule has 1 aromatic carbocycles. The minimum absolute atomic E-state index is 1.03. The molecule has 0 atom stereocenters. The number of thiazole rings is 1. The summed E-state index contributed by atoms with van der Waals surface area (Å²) in [5.41, 5.74) is 5.79. The Morgan fingerprint density at radius 3 is 2.42 bits per heavy atom. The van der Waals surface area contributed by atoms with Gasteiger partial charge in [0.15, 0.2) is 0 Å². The molecule has 0 aliphatic carbocycles. The minimum atomic E-state index is 1.03. The molecule has 24 heavy (non-hydrogen) atoms. The van der Waals surface area contributed by atoms with E-state index in [2.05, 4.69) is 76.9 Å². The summed E-state index contributed by atoms with van der Waals surface area (Å²) in [5.74, 6) is 0. The molecule has 0 fully saturated rings. The van der Waals surface area contributed by atoms with E-state index >= 15 is 0 Å². The number of benzene rings is 1. The van der Waals surface area contributed by atoms with Crippen LogP contribution in [0.3, 0.4) is 0 Å². The number of para-hydroxylation sites is 1. The highest BCUT2D eigenvalue weighted by molar-refractivity contribution is 7.21. The van der Waals surface area contributed by atoms with E-state index in [1.54, 1.807) is 0 Å². The van der Waals surface area contributed by atoms with Crippen LogP contribution in [-0.4, -0.2) is 9.78 Å². The Morgan fingerprint density at radius 1 is 0.958 bits per heavy atom. The zero-order valence-electron chi connectivity index (χ0n) is 14.3. The molecule has 120 valence electrons. The lowest BCUT2D eigenvalue weighted by Gasteiger charge is -2.03. The summed E-state index contributed by atoms with van der Waals surface area (Å²) in [6, 6.07) is 17.1. The molecular weight excluding hydrogens is 316 g/mol. The van der Waals surface area contributed by atoms with Crippen LogP contribution in [0, 0.1) is 6.92 Å². The molecule has 4 nitrogen and oxygen atoms in total. The van der Waals surface area contributed by atoms with Gasteiger partial charge >= 0.3 is 5.01 Å². The zero-order valence-corrected chi connectivity index (χ0v) is 15.1. The third-order valence-corrected chi connectivity index (χ3v) is 5.69. The van der Waals surface area contributed by atoms with Gasteiger partial charge in [-0.3, -0.25) is 4.68 Å². The smallest absolute Gasteiger partial charge is 0.262 e. The van der Waals surface area contributed by atoms with Gasteiger partial charge in [-0.2, -0.15) is 14.2 Å². The molecule has 0 unspecified atom stereocenters. The predicted molar refractivity (Wildman–Crippen MR) is 96.6 cm³/mol. The van der Waals surface area contributed by atoms with Gasteiger partial charge in [-0.15, -0.1) is 0 Å². The van der Waals surface area contributed by atoms with Gasteiger partial charge in [0.1, 0.15) is 24.5 Å². The van der Waals surface area contributed by atoms with Crippen LogP contribution in [0.4, 0.5) is 0 Å². The van der Waals surface area contributed by atoms with Crippen LogP contribution in [0.25, 0.3) is 32.3 Å². The molecular formula is C19H20N4S+2. The van der Waals surface area contributed by atoms with Gasteiger partial charge in [0.25, 0.3) is 5.69 Å². The predicted octanol–water partition coefficient (Wildman–Crippen LogP) is 2.93. The molecule has 0 amide bonds. The first-order chi connectivity index (χ1) is 11.6. The molecule has 0 N–H and O–H groups in total. The van der Waals surface area contributed by atoms with Crippen molar-refractivity contribution in [3.05, 3.63) is 54.2 Å². The first-order valence-corrected chi connectivity index (χ1v) is 8.76. The van der Waals surface area contributed by atoms with Gasteiger partial charge in [0, 0.05) is 25.2 Å². The van der Waals surface area contributed by atoms with E-state index in [-0.39, 0.29) is 0 Å². The molecule has 3 aromatic heterocycles. The van der Waals surface area contributed by atoms with Crippen LogP contribution in [0.2, 0.25) is 0 Å². The third kappa shape index (κ3) is 2.24. The van der Waals surface area contributed by atoms with Gasteiger partial charge < -0.3 is 0 Å². The van der Waals surface area contributed by atoms with Crippen LogP contribution in [0.15, 0.2) is 48.5 Å². The number of aromatic nitrogens is 4. The summed E-state index contributed by atoms with van der Waals surface area (Å²) in [5, 5.41) is 5.73. The number of pyridine rings is 1. The first-order valence-electron chi connectivity index (χ1n) is 7.94. The highest BCUT2D eigenvalue weighted by atomic mass is 32.1. The van der Waals surface area contributed by atoms with E-state index in [9.17, 15) is 0 Å². The van der Waals surface area contributed by atoms with Gasteiger partial charge in [-0.05, 0) is 25.1 Å². The average molecular weight is 336 g/mol. The topological polar surface area (TPSA) is 25.6 Å². The van der Waals surface area contributed by atoms with Crippen molar-refractivity contribution in [1.29, 1.82) is 0 Å². The van der Waals surface area contributed by atoms with Crippen LogP contribution in [0.5, 0.6) is 0 Å². The number of hydrogen-bond acceptors (Lipinski definition) is 2. The van der Waals surface area contributed by atoms with Crippen molar-refractivity contribution in [3.8, 4) is 22.1 Å². The Kier molecular flexibility index (Phi) is 3.46. The van der Waals surface area contributed by atoms with E-state index in [0.29, 0.717) is 0 Å². The zero-order chi connectivity index (χ0) is 16.8. The molecule has 0 bridgehead atoms. The fraction of sp³-hybridized carbons (Fsp3) is 0.211. The number of hydrogen-bond donors (Lipinski definition) is 0. The Hall–Kier alpha value is -2.53. The minimum Gasteiger partial charge on any atom is -0.262 e. The second-order valence-electron chi connectivity index (χ2n) is 6.08. The number of nitrogens with zero attached hydrogens (tertiary/aromatic N) is 4. The first kappa shape index (κ1) is 15.0. The van der Waals surface area contributed by atoms with Crippen LogP contribution < -0.4 is 9.13 Å². The van der Waals surface area contributed by atoms with Crippen LogP contribution in [0.1, 0.15) is 5.69 Å². The normalized spacial score (nSPS) is 11.3. The lowest BCUT2D eigenvalue weighted by Crippen LogP contribution is -2.39. The molecule has 0 saturated carbocycles. The molecule has 4 rings (SSSR count). The maximum Gasteiger partial charge on any atom is 0.335 e. The van der Waals surface area contributed by atoms with Crippen molar-refractivity contribution < 1.29 is 9.13 Å². The van der Waals surface area contributed by atoms with Gasteiger partial charge in [0.2, 0.25) is 11.2 Å². The van der Waals surface area contributed by atoms with E-state index < -0.39 is 0 Å². The average Bonchev–Trinajstić information content (AvgIpc) is 3.08. The van der Waals surface area contributed by atoms with Crippen molar-refractivity contribution in [2.45, 2.75) is 6.92 Å². The third-order valence-electron chi connectivity index (χ3n) is 4.45. The lowest BCUT2D eigenvalue weighted by atomic mass is 10.2. The summed E-state index contributed by atoms with van der Waals surface area (Å²) >= 11 is 1.82. The summed E-state index contributed by atoms with van der Waals surface area (Å²) in [6.45, 7) is 2.03. The number of fused-ring (bicyclic) bond motifs is 1. The molecule has 0 saturated heterocycles. The van der Waals surface area contributed by atoms with E-state index in [0.717, 1.165) is 17.1 Å². The van der Waals surface area contributed by atoms with Crippen molar-refractivity contribution in [2.75, 3.05) is 0 Å². The Balaban J connectivity index is 1.95. The largest absolute Gasteiger partial charge is 0.335 e. The monoisotopic (exact) mass is 336 g/mol. The molecule has 4 aromatic rings. The second-order valence-corrected chi connectivity index (χ2v) is 7.11. The molecule has 0 radical (unpaired) electrons.